The maximum absolute atomic E-state index is 14.3. The molecule has 1 N–H and O–H groups in total. The number of anilines is 2. The highest BCUT2D eigenvalue weighted by Gasteiger charge is 2.40. The third-order valence-corrected chi connectivity index (χ3v) is 10.7. The molecule has 8 rings (SSSR count). The summed E-state index contributed by atoms with van der Waals surface area (Å²) in [4.78, 5) is 44.7. The van der Waals surface area contributed by atoms with Crippen LogP contribution in [0.1, 0.15) is 58.1 Å². The number of urea groups is 1. The van der Waals surface area contributed by atoms with Crippen molar-refractivity contribution in [1.29, 1.82) is 0 Å². The minimum Gasteiger partial charge on any atom is -0.493 e. The van der Waals surface area contributed by atoms with Crippen LogP contribution in [0.5, 0.6) is 11.5 Å². The summed E-state index contributed by atoms with van der Waals surface area (Å²) < 4.78 is 12.6. The number of ether oxygens (including phenoxy) is 2. The number of amides is 4. The Kier molecular flexibility index (Phi) is 9.11. The number of rotatable bonds is 8. The van der Waals surface area contributed by atoms with E-state index in [4.69, 9.17) is 9.47 Å². The number of nitrogens with one attached hydrogen (secondary N) is 1. The summed E-state index contributed by atoms with van der Waals surface area (Å²) in [5, 5.41) is 2.43. The molecule has 1 fully saturated rings. The number of hydrogen-bond acceptors (Lipinski definition) is 6. The quantitative estimate of drug-likeness (QED) is 0.126. The zero-order valence-electron chi connectivity index (χ0n) is 28.6. The van der Waals surface area contributed by atoms with Gasteiger partial charge < -0.3 is 14.4 Å². The lowest BCUT2D eigenvalue weighted by molar-refractivity contribution is -0.122. The van der Waals surface area contributed by atoms with Gasteiger partial charge in [-0.15, -0.1) is 0 Å². The maximum atomic E-state index is 14.3. The summed E-state index contributed by atoms with van der Waals surface area (Å²) in [7, 11) is 1.53. The van der Waals surface area contributed by atoms with Gasteiger partial charge in [-0.3, -0.25) is 14.9 Å². The lowest BCUT2D eigenvalue weighted by Crippen LogP contribution is -2.54. The molecule has 0 saturated carbocycles. The van der Waals surface area contributed by atoms with Crippen LogP contribution in [-0.4, -0.2) is 38.0 Å². The summed E-state index contributed by atoms with van der Waals surface area (Å²) in [6, 6.07) is 37.0. The molecule has 0 unspecified atom stereocenters. The fourth-order valence-corrected chi connectivity index (χ4v) is 7.93. The van der Waals surface area contributed by atoms with Crippen LogP contribution in [-0.2, 0) is 16.2 Å². The number of halogens is 1. The zero-order chi connectivity index (χ0) is 35.8. The van der Waals surface area contributed by atoms with Crippen molar-refractivity contribution in [3.63, 3.8) is 0 Å². The Morgan fingerprint density at radius 3 is 1.98 bits per heavy atom. The standard InChI is InChI=1S/C43H36BrN3O5/c1-51-39-23-28(14-17-38(39)52-26-27-12-15-31(44)16-13-27)22-37-41(48)45-43(50)47(42(37)49)32-24-35-33(29-8-4-2-5-9-29)18-20-46-21-19-34(36(25-32)40(35)46)30-10-6-3-7-11-30/h2-17,22-25,33-34H,18-21,26H2,1H3,(H,45,48,50)/b37-22+/t33-,34-/m1/s1. The minimum absolute atomic E-state index is 0.0808. The van der Waals surface area contributed by atoms with Crippen LogP contribution in [0.25, 0.3) is 6.08 Å². The van der Waals surface area contributed by atoms with Gasteiger partial charge >= 0.3 is 6.03 Å². The number of carbonyl (C=O) groups is 3. The average molecular weight is 755 g/mol. The van der Waals surface area contributed by atoms with E-state index in [-0.39, 0.29) is 17.4 Å². The number of nitrogens with zero attached hydrogens (tertiary/aromatic N) is 2. The molecule has 8 nitrogen and oxygen atoms in total. The highest BCUT2D eigenvalue weighted by atomic mass is 79.9. The third kappa shape index (κ3) is 6.37. The number of barbiturate groups is 1. The largest absolute Gasteiger partial charge is 0.493 e. The Bertz CT molecular complexity index is 2130. The van der Waals surface area contributed by atoms with Crippen molar-refractivity contribution in [3.05, 3.63) is 159 Å². The van der Waals surface area contributed by atoms with Crippen LogP contribution in [0, 0.1) is 0 Å². The zero-order valence-corrected chi connectivity index (χ0v) is 30.1. The van der Waals surface area contributed by atoms with Crippen molar-refractivity contribution >= 4 is 51.2 Å². The number of carbonyl (C=O) groups excluding carboxylic acids is 3. The summed E-state index contributed by atoms with van der Waals surface area (Å²) in [5.74, 6) is -0.321. The Hall–Kier alpha value is -5.67. The van der Waals surface area contributed by atoms with Crippen molar-refractivity contribution in [2.75, 3.05) is 30.0 Å². The fraction of sp³-hybridized carbons (Fsp3) is 0.186. The van der Waals surface area contributed by atoms with Gasteiger partial charge in [0, 0.05) is 35.1 Å². The molecule has 3 heterocycles. The summed E-state index contributed by atoms with van der Waals surface area (Å²) >= 11 is 3.45. The van der Waals surface area contributed by atoms with E-state index >= 15 is 0 Å². The number of benzene rings is 5. The van der Waals surface area contributed by atoms with E-state index in [0.717, 1.165) is 52.0 Å². The van der Waals surface area contributed by atoms with E-state index in [2.05, 4.69) is 50.4 Å². The molecule has 52 heavy (non-hydrogen) atoms. The van der Waals surface area contributed by atoms with E-state index in [1.54, 1.807) is 18.2 Å². The molecule has 1 saturated heterocycles. The average Bonchev–Trinajstić information content (AvgIpc) is 3.17. The Balaban J connectivity index is 1.17. The van der Waals surface area contributed by atoms with Gasteiger partial charge in [-0.2, -0.15) is 0 Å². The summed E-state index contributed by atoms with van der Waals surface area (Å²) in [5.41, 5.74) is 7.53. The second kappa shape index (κ2) is 14.2. The molecule has 0 bridgehead atoms. The van der Waals surface area contributed by atoms with Crippen LogP contribution in [0.2, 0.25) is 0 Å². The second-order valence-electron chi connectivity index (χ2n) is 13.2. The minimum atomic E-state index is -0.774. The summed E-state index contributed by atoms with van der Waals surface area (Å²) in [6.07, 6.45) is 3.30. The SMILES string of the molecule is COc1cc(/C=C2\C(=O)NC(=O)N(c3cc4c5c(c3)[C@@H](c3ccccc3)CCN5CC[C@@H]4c3ccccc3)C2=O)ccc1OCc1ccc(Br)cc1. The molecule has 9 heteroatoms. The van der Waals surface area contributed by atoms with Crippen LogP contribution in [0.3, 0.4) is 0 Å². The van der Waals surface area contributed by atoms with Crippen molar-refractivity contribution in [2.24, 2.45) is 0 Å². The Morgan fingerprint density at radius 2 is 1.38 bits per heavy atom. The van der Waals surface area contributed by atoms with Crippen LogP contribution in [0.4, 0.5) is 16.2 Å². The first-order chi connectivity index (χ1) is 25.4. The first-order valence-corrected chi connectivity index (χ1v) is 18.2. The van der Waals surface area contributed by atoms with Crippen molar-refractivity contribution in [2.45, 2.75) is 31.3 Å². The molecular weight excluding hydrogens is 718 g/mol. The van der Waals surface area contributed by atoms with Gasteiger partial charge in [0.2, 0.25) is 0 Å². The van der Waals surface area contributed by atoms with Gasteiger partial charge in [0.15, 0.2) is 11.5 Å². The highest BCUT2D eigenvalue weighted by Crippen LogP contribution is 2.50. The highest BCUT2D eigenvalue weighted by molar-refractivity contribution is 9.10. The normalized spacial score (nSPS) is 19.0. The van der Waals surface area contributed by atoms with Crippen molar-refractivity contribution in [3.8, 4) is 11.5 Å². The van der Waals surface area contributed by atoms with Gasteiger partial charge in [-0.1, -0.05) is 94.8 Å². The molecule has 2 atom stereocenters. The molecule has 0 spiro atoms. The van der Waals surface area contributed by atoms with Crippen LogP contribution in [0.15, 0.2) is 125 Å². The Morgan fingerprint density at radius 1 is 0.769 bits per heavy atom. The van der Waals surface area contributed by atoms with Crippen LogP contribution < -0.4 is 24.6 Å². The molecule has 0 aliphatic carbocycles. The smallest absolute Gasteiger partial charge is 0.335 e. The molecule has 0 radical (unpaired) electrons. The second-order valence-corrected chi connectivity index (χ2v) is 14.2. The molecule has 3 aliphatic heterocycles. The van der Waals surface area contributed by atoms with Gasteiger partial charge in [-0.05, 0) is 88.7 Å². The molecule has 3 aliphatic rings. The van der Waals surface area contributed by atoms with Crippen molar-refractivity contribution in [1.82, 2.24) is 5.32 Å². The lowest BCUT2D eigenvalue weighted by Gasteiger charge is -2.44. The fourth-order valence-electron chi connectivity index (χ4n) is 7.66. The van der Waals surface area contributed by atoms with E-state index in [1.807, 2.05) is 72.8 Å². The van der Waals surface area contributed by atoms with Gasteiger partial charge in [0.05, 0.1) is 12.8 Å². The molecular formula is C43H36BrN3O5. The summed E-state index contributed by atoms with van der Waals surface area (Å²) in [6.45, 7) is 2.17. The predicted molar refractivity (Wildman–Crippen MR) is 205 cm³/mol. The van der Waals surface area contributed by atoms with E-state index in [1.165, 1.54) is 30.0 Å². The van der Waals surface area contributed by atoms with Gasteiger partial charge in [-0.25, -0.2) is 9.69 Å². The predicted octanol–water partition coefficient (Wildman–Crippen LogP) is 8.58. The Labute approximate surface area is 310 Å². The number of methoxy groups -OCH3 is 1. The molecule has 0 aromatic heterocycles. The monoisotopic (exact) mass is 753 g/mol. The van der Waals surface area contributed by atoms with E-state index in [9.17, 15) is 14.4 Å². The van der Waals surface area contributed by atoms with Gasteiger partial charge in [0.25, 0.3) is 11.8 Å². The topological polar surface area (TPSA) is 88.2 Å². The molecule has 5 aromatic rings. The first kappa shape index (κ1) is 33.5. The van der Waals surface area contributed by atoms with Crippen LogP contribution >= 0.6 is 15.9 Å². The van der Waals surface area contributed by atoms with Gasteiger partial charge in [0.1, 0.15) is 12.2 Å². The number of hydrogen-bond donors (Lipinski definition) is 1. The molecule has 260 valence electrons. The number of imide groups is 2. The van der Waals surface area contributed by atoms with Crippen molar-refractivity contribution < 1.29 is 23.9 Å². The van der Waals surface area contributed by atoms with E-state index < -0.39 is 17.8 Å². The third-order valence-electron chi connectivity index (χ3n) is 10.2. The van der Waals surface area contributed by atoms with E-state index in [0.29, 0.717) is 29.4 Å². The molecule has 5 aromatic carbocycles. The first-order valence-electron chi connectivity index (χ1n) is 17.4. The maximum Gasteiger partial charge on any atom is 0.335 e. The lowest BCUT2D eigenvalue weighted by atomic mass is 9.76. The molecule has 4 amide bonds.